The molecule has 0 amide bonds. The van der Waals surface area contributed by atoms with Gasteiger partial charge < -0.3 is 5.32 Å². The van der Waals surface area contributed by atoms with Crippen LogP contribution in [0.25, 0.3) is 0 Å². The molecule has 1 aromatic heterocycles. The molecule has 6 heteroatoms. The van der Waals surface area contributed by atoms with Crippen LogP contribution in [0, 0.1) is 11.6 Å². The normalized spacial score (nSPS) is 18.7. The molecule has 0 bridgehead atoms. The van der Waals surface area contributed by atoms with E-state index in [1.54, 1.807) is 6.20 Å². The zero-order chi connectivity index (χ0) is 14.7. The largest absolute Gasteiger partial charge is 0.314 e. The Kier molecular flexibility index (Phi) is 5.83. The number of rotatable bonds is 3. The number of pyridine rings is 1. The van der Waals surface area contributed by atoms with Crippen molar-refractivity contribution >= 4 is 12.4 Å². The zero-order valence-electron chi connectivity index (χ0n) is 12.0. The summed E-state index contributed by atoms with van der Waals surface area (Å²) in [5, 5.41) is 3.35. The molecule has 1 aliphatic heterocycles. The summed E-state index contributed by atoms with van der Waals surface area (Å²) < 4.78 is 26.8. The topological polar surface area (TPSA) is 28.2 Å². The van der Waals surface area contributed by atoms with Gasteiger partial charge in [0.05, 0.1) is 0 Å². The van der Waals surface area contributed by atoms with Crippen LogP contribution in [0.5, 0.6) is 0 Å². The summed E-state index contributed by atoms with van der Waals surface area (Å²) in [6.45, 7) is 2.94. The summed E-state index contributed by atoms with van der Waals surface area (Å²) in [6.07, 6.45) is 3.58. The minimum Gasteiger partial charge on any atom is -0.314 e. The van der Waals surface area contributed by atoms with Gasteiger partial charge in [0.25, 0.3) is 0 Å². The highest BCUT2D eigenvalue weighted by Gasteiger charge is 2.24. The molecule has 118 valence electrons. The Morgan fingerprint density at radius 3 is 2.86 bits per heavy atom. The second kappa shape index (κ2) is 7.63. The van der Waals surface area contributed by atoms with Crippen molar-refractivity contribution in [1.82, 2.24) is 15.2 Å². The first-order chi connectivity index (χ1) is 10.2. The SMILES string of the molecule is Cl.Fc1ccc(CN2CCNCC2c2cccnc2)c(F)c1. The maximum atomic E-state index is 13.8. The van der Waals surface area contributed by atoms with Gasteiger partial charge in [-0.15, -0.1) is 12.4 Å². The maximum absolute atomic E-state index is 13.8. The van der Waals surface area contributed by atoms with Crippen molar-refractivity contribution < 1.29 is 8.78 Å². The fraction of sp³-hybridized carbons (Fsp3) is 0.312. The summed E-state index contributed by atoms with van der Waals surface area (Å²) >= 11 is 0. The van der Waals surface area contributed by atoms with Gasteiger partial charge in [0.1, 0.15) is 11.6 Å². The molecular formula is C16H18ClF2N3. The van der Waals surface area contributed by atoms with E-state index in [-0.39, 0.29) is 18.4 Å². The zero-order valence-corrected chi connectivity index (χ0v) is 12.8. The van der Waals surface area contributed by atoms with Crippen LogP contribution in [0.4, 0.5) is 8.78 Å². The molecule has 1 atom stereocenters. The van der Waals surface area contributed by atoms with E-state index >= 15 is 0 Å². The molecule has 2 aromatic rings. The van der Waals surface area contributed by atoms with E-state index in [4.69, 9.17) is 0 Å². The lowest BCUT2D eigenvalue weighted by Crippen LogP contribution is -2.45. The molecule has 0 radical (unpaired) electrons. The van der Waals surface area contributed by atoms with Gasteiger partial charge in [0.2, 0.25) is 0 Å². The van der Waals surface area contributed by atoms with Crippen LogP contribution >= 0.6 is 12.4 Å². The highest BCUT2D eigenvalue weighted by Crippen LogP contribution is 2.24. The van der Waals surface area contributed by atoms with E-state index in [1.807, 2.05) is 18.3 Å². The fourth-order valence-electron chi connectivity index (χ4n) is 2.71. The number of hydrogen-bond donors (Lipinski definition) is 1. The van der Waals surface area contributed by atoms with Crippen molar-refractivity contribution in [1.29, 1.82) is 0 Å². The second-order valence-electron chi connectivity index (χ2n) is 5.21. The molecule has 1 unspecified atom stereocenters. The van der Waals surface area contributed by atoms with E-state index in [2.05, 4.69) is 15.2 Å². The minimum absolute atomic E-state index is 0. The molecule has 0 aliphatic carbocycles. The summed E-state index contributed by atoms with van der Waals surface area (Å²) in [4.78, 5) is 6.35. The van der Waals surface area contributed by atoms with Gasteiger partial charge in [0, 0.05) is 56.2 Å². The molecule has 2 heterocycles. The summed E-state index contributed by atoms with van der Waals surface area (Å²) in [5.74, 6) is -1.03. The van der Waals surface area contributed by atoms with Crippen LogP contribution < -0.4 is 5.32 Å². The monoisotopic (exact) mass is 325 g/mol. The van der Waals surface area contributed by atoms with Gasteiger partial charge in [-0.05, 0) is 17.7 Å². The number of halogens is 3. The van der Waals surface area contributed by atoms with Crippen molar-refractivity contribution in [3.63, 3.8) is 0 Å². The third kappa shape index (κ3) is 3.80. The Labute approximate surface area is 134 Å². The number of nitrogens with zero attached hydrogens (tertiary/aromatic N) is 2. The molecule has 3 rings (SSSR count). The van der Waals surface area contributed by atoms with E-state index in [0.29, 0.717) is 12.1 Å². The van der Waals surface area contributed by atoms with E-state index in [9.17, 15) is 8.78 Å². The van der Waals surface area contributed by atoms with Gasteiger partial charge in [-0.1, -0.05) is 12.1 Å². The Balaban J connectivity index is 0.00000176. The minimum atomic E-state index is -0.541. The number of nitrogens with one attached hydrogen (secondary N) is 1. The van der Waals surface area contributed by atoms with Crippen molar-refractivity contribution in [2.24, 2.45) is 0 Å². The molecule has 0 spiro atoms. The lowest BCUT2D eigenvalue weighted by molar-refractivity contribution is 0.151. The van der Waals surface area contributed by atoms with Gasteiger partial charge in [-0.25, -0.2) is 8.78 Å². The third-order valence-electron chi connectivity index (χ3n) is 3.81. The van der Waals surface area contributed by atoms with Crippen LogP contribution in [0.3, 0.4) is 0 Å². The number of piperazine rings is 1. The van der Waals surface area contributed by atoms with Crippen LogP contribution in [0.15, 0.2) is 42.7 Å². The number of hydrogen-bond acceptors (Lipinski definition) is 3. The Morgan fingerprint density at radius 1 is 1.27 bits per heavy atom. The Hall–Kier alpha value is -1.56. The average Bonchev–Trinajstić information content (AvgIpc) is 2.51. The molecule has 22 heavy (non-hydrogen) atoms. The number of benzene rings is 1. The lowest BCUT2D eigenvalue weighted by atomic mass is 10.0. The summed E-state index contributed by atoms with van der Waals surface area (Å²) in [5.41, 5.74) is 1.62. The first-order valence-corrected chi connectivity index (χ1v) is 7.02. The van der Waals surface area contributed by atoms with Crippen LogP contribution in [-0.4, -0.2) is 29.5 Å². The number of aromatic nitrogens is 1. The highest BCUT2D eigenvalue weighted by atomic mass is 35.5. The van der Waals surface area contributed by atoms with Gasteiger partial charge in [-0.3, -0.25) is 9.88 Å². The lowest BCUT2D eigenvalue weighted by Gasteiger charge is -2.36. The molecule has 1 aromatic carbocycles. The van der Waals surface area contributed by atoms with Crippen LogP contribution in [-0.2, 0) is 6.54 Å². The molecule has 1 fully saturated rings. The van der Waals surface area contributed by atoms with Gasteiger partial charge in [-0.2, -0.15) is 0 Å². The predicted molar refractivity (Wildman–Crippen MR) is 83.9 cm³/mol. The summed E-state index contributed by atoms with van der Waals surface area (Å²) in [7, 11) is 0. The molecule has 1 saturated heterocycles. The van der Waals surface area contributed by atoms with E-state index < -0.39 is 11.6 Å². The second-order valence-corrected chi connectivity index (χ2v) is 5.21. The van der Waals surface area contributed by atoms with Gasteiger partial charge in [0.15, 0.2) is 0 Å². The molecule has 0 saturated carbocycles. The van der Waals surface area contributed by atoms with Crippen LogP contribution in [0.2, 0.25) is 0 Å². The van der Waals surface area contributed by atoms with Crippen molar-refractivity contribution in [3.05, 3.63) is 65.5 Å². The van der Waals surface area contributed by atoms with Crippen molar-refractivity contribution in [2.75, 3.05) is 19.6 Å². The smallest absolute Gasteiger partial charge is 0.130 e. The maximum Gasteiger partial charge on any atom is 0.130 e. The molecular weight excluding hydrogens is 308 g/mol. The molecule has 1 aliphatic rings. The summed E-state index contributed by atoms with van der Waals surface area (Å²) in [6, 6.07) is 7.85. The van der Waals surface area contributed by atoms with Crippen molar-refractivity contribution in [2.45, 2.75) is 12.6 Å². The standard InChI is InChI=1S/C16H17F2N3.ClH/c17-14-4-3-13(15(18)8-14)11-21-7-6-20-10-16(21)12-2-1-5-19-9-12;/h1-5,8-9,16,20H,6-7,10-11H2;1H. The average molecular weight is 326 g/mol. The molecule has 1 N–H and O–H groups in total. The quantitative estimate of drug-likeness (QED) is 0.940. The van der Waals surface area contributed by atoms with Gasteiger partial charge >= 0.3 is 0 Å². The highest BCUT2D eigenvalue weighted by molar-refractivity contribution is 5.85. The van der Waals surface area contributed by atoms with E-state index in [1.165, 1.54) is 12.1 Å². The Bertz CT molecular complexity index is 610. The third-order valence-corrected chi connectivity index (χ3v) is 3.81. The Morgan fingerprint density at radius 2 is 2.14 bits per heavy atom. The van der Waals surface area contributed by atoms with E-state index in [0.717, 1.165) is 31.3 Å². The fourth-order valence-corrected chi connectivity index (χ4v) is 2.71. The molecule has 3 nitrogen and oxygen atoms in total. The predicted octanol–water partition coefficient (Wildman–Crippen LogP) is 2.93. The first-order valence-electron chi connectivity index (χ1n) is 7.02. The van der Waals surface area contributed by atoms with Crippen molar-refractivity contribution in [3.8, 4) is 0 Å². The first kappa shape index (κ1) is 16.8. The van der Waals surface area contributed by atoms with Crippen LogP contribution in [0.1, 0.15) is 17.2 Å².